The van der Waals surface area contributed by atoms with Crippen molar-refractivity contribution < 1.29 is 14.0 Å². The number of hydrogen-bond donors (Lipinski definition) is 1. The maximum absolute atomic E-state index is 12.8. The molecule has 1 fully saturated rings. The Morgan fingerprint density at radius 3 is 2.79 bits per heavy atom. The molecule has 0 atom stereocenters. The molecule has 1 aromatic rings. The van der Waals surface area contributed by atoms with Crippen LogP contribution in [0.25, 0.3) is 0 Å². The summed E-state index contributed by atoms with van der Waals surface area (Å²) in [6, 6.07) is 5.55. The SMILES string of the molecule is O=C1CN(CCC(=O)c2ccc(F)cc2)CCCN1. The number of nitrogens with one attached hydrogen (secondary N) is 1. The minimum Gasteiger partial charge on any atom is -0.355 e. The van der Waals surface area contributed by atoms with Crippen LogP contribution in [0.3, 0.4) is 0 Å². The van der Waals surface area contributed by atoms with Crippen LogP contribution >= 0.6 is 0 Å². The normalized spacial score (nSPS) is 16.8. The van der Waals surface area contributed by atoms with Crippen LogP contribution in [-0.4, -0.2) is 42.8 Å². The van der Waals surface area contributed by atoms with Crippen molar-refractivity contribution in [3.05, 3.63) is 35.6 Å². The highest BCUT2D eigenvalue weighted by Crippen LogP contribution is 2.07. The second-order valence-electron chi connectivity index (χ2n) is 4.66. The van der Waals surface area contributed by atoms with Gasteiger partial charge in [-0.25, -0.2) is 4.39 Å². The quantitative estimate of drug-likeness (QED) is 0.832. The van der Waals surface area contributed by atoms with Crippen molar-refractivity contribution in [3.63, 3.8) is 0 Å². The first-order valence-electron chi connectivity index (χ1n) is 6.43. The summed E-state index contributed by atoms with van der Waals surface area (Å²) in [6.45, 7) is 2.41. The van der Waals surface area contributed by atoms with Crippen LogP contribution in [0.4, 0.5) is 4.39 Å². The third kappa shape index (κ3) is 4.13. The van der Waals surface area contributed by atoms with Crippen molar-refractivity contribution in [2.24, 2.45) is 0 Å². The van der Waals surface area contributed by atoms with Crippen molar-refractivity contribution in [1.29, 1.82) is 0 Å². The number of rotatable bonds is 4. The Bertz CT molecular complexity index is 459. The molecule has 0 radical (unpaired) electrons. The highest BCUT2D eigenvalue weighted by atomic mass is 19.1. The Morgan fingerprint density at radius 1 is 1.32 bits per heavy atom. The molecule has 0 saturated carbocycles. The van der Waals surface area contributed by atoms with E-state index < -0.39 is 0 Å². The van der Waals surface area contributed by atoms with E-state index in [1.165, 1.54) is 24.3 Å². The standard InChI is InChI=1S/C14H17FN2O2/c15-12-4-2-11(3-5-12)13(18)6-9-17-8-1-7-16-14(19)10-17/h2-5H,1,6-10H2,(H,16,19). The number of Topliss-reactive ketones (excluding diaryl/α,β-unsaturated/α-hetero) is 1. The molecule has 0 aliphatic carbocycles. The average molecular weight is 264 g/mol. The average Bonchev–Trinajstić information content (AvgIpc) is 2.61. The van der Waals surface area contributed by atoms with Gasteiger partial charge in [-0.1, -0.05) is 0 Å². The summed E-state index contributed by atoms with van der Waals surface area (Å²) in [6.07, 6.45) is 1.25. The topological polar surface area (TPSA) is 49.4 Å². The molecule has 5 heteroatoms. The van der Waals surface area contributed by atoms with Crippen LogP contribution in [0.2, 0.25) is 0 Å². The molecule has 1 aromatic carbocycles. The van der Waals surface area contributed by atoms with Gasteiger partial charge in [0.1, 0.15) is 5.82 Å². The predicted octanol–water partition coefficient (Wildman–Crippen LogP) is 1.22. The van der Waals surface area contributed by atoms with Crippen LogP contribution in [0, 0.1) is 5.82 Å². The number of carbonyl (C=O) groups excluding carboxylic acids is 2. The fourth-order valence-electron chi connectivity index (χ4n) is 2.10. The van der Waals surface area contributed by atoms with Crippen LogP contribution in [0.5, 0.6) is 0 Å². The summed E-state index contributed by atoms with van der Waals surface area (Å²) in [5.74, 6) is -0.364. The molecule has 1 heterocycles. The van der Waals surface area contributed by atoms with Gasteiger partial charge in [0.05, 0.1) is 6.54 Å². The summed E-state index contributed by atoms with van der Waals surface area (Å²) in [4.78, 5) is 25.3. The summed E-state index contributed by atoms with van der Waals surface area (Å²) in [7, 11) is 0. The molecule has 1 aliphatic heterocycles. The van der Waals surface area contributed by atoms with E-state index in [-0.39, 0.29) is 17.5 Å². The van der Waals surface area contributed by atoms with Gasteiger partial charge in [-0.05, 0) is 30.7 Å². The van der Waals surface area contributed by atoms with Crippen LogP contribution in [-0.2, 0) is 4.79 Å². The lowest BCUT2D eigenvalue weighted by Gasteiger charge is -2.17. The first kappa shape index (κ1) is 13.7. The first-order chi connectivity index (χ1) is 9.15. The predicted molar refractivity (Wildman–Crippen MR) is 69.4 cm³/mol. The molecule has 1 aliphatic rings. The van der Waals surface area contributed by atoms with Gasteiger partial charge >= 0.3 is 0 Å². The van der Waals surface area contributed by atoms with Crippen molar-refractivity contribution >= 4 is 11.7 Å². The van der Waals surface area contributed by atoms with E-state index in [4.69, 9.17) is 0 Å². The fourth-order valence-corrected chi connectivity index (χ4v) is 2.10. The molecule has 4 nitrogen and oxygen atoms in total. The van der Waals surface area contributed by atoms with Gasteiger partial charge in [-0.3, -0.25) is 14.5 Å². The molecule has 19 heavy (non-hydrogen) atoms. The molecular formula is C14H17FN2O2. The Morgan fingerprint density at radius 2 is 2.05 bits per heavy atom. The van der Waals surface area contributed by atoms with E-state index in [2.05, 4.69) is 5.32 Å². The van der Waals surface area contributed by atoms with Crippen LogP contribution in [0.15, 0.2) is 24.3 Å². The van der Waals surface area contributed by atoms with E-state index in [0.29, 0.717) is 31.6 Å². The minimum atomic E-state index is -0.347. The van der Waals surface area contributed by atoms with E-state index in [9.17, 15) is 14.0 Å². The number of carbonyl (C=O) groups is 2. The third-order valence-corrected chi connectivity index (χ3v) is 3.16. The number of nitrogens with zero attached hydrogens (tertiary/aromatic N) is 1. The van der Waals surface area contributed by atoms with Crippen molar-refractivity contribution in [2.45, 2.75) is 12.8 Å². The summed E-state index contributed by atoms with van der Waals surface area (Å²) in [5.41, 5.74) is 0.515. The van der Waals surface area contributed by atoms with Gasteiger partial charge in [0, 0.05) is 31.6 Å². The molecule has 102 valence electrons. The Balaban J connectivity index is 1.85. The van der Waals surface area contributed by atoms with Crippen molar-refractivity contribution in [3.8, 4) is 0 Å². The van der Waals surface area contributed by atoms with E-state index >= 15 is 0 Å². The smallest absolute Gasteiger partial charge is 0.234 e. The number of amides is 1. The largest absolute Gasteiger partial charge is 0.355 e. The second kappa shape index (κ2) is 6.43. The Kier molecular flexibility index (Phi) is 4.63. The van der Waals surface area contributed by atoms with Gasteiger partial charge in [-0.15, -0.1) is 0 Å². The lowest BCUT2D eigenvalue weighted by atomic mass is 10.1. The summed E-state index contributed by atoms with van der Waals surface area (Å²) < 4.78 is 12.8. The highest BCUT2D eigenvalue weighted by Gasteiger charge is 2.15. The highest BCUT2D eigenvalue weighted by molar-refractivity contribution is 5.96. The lowest BCUT2D eigenvalue weighted by molar-refractivity contribution is -0.121. The molecular weight excluding hydrogens is 247 g/mol. The molecule has 1 saturated heterocycles. The maximum atomic E-state index is 12.8. The minimum absolute atomic E-state index is 0.00623. The summed E-state index contributed by atoms with van der Waals surface area (Å²) in [5, 5.41) is 2.79. The van der Waals surface area contributed by atoms with Gasteiger partial charge in [0.25, 0.3) is 0 Å². The monoisotopic (exact) mass is 264 g/mol. The van der Waals surface area contributed by atoms with Crippen LogP contribution in [0.1, 0.15) is 23.2 Å². The first-order valence-corrected chi connectivity index (χ1v) is 6.43. The summed E-state index contributed by atoms with van der Waals surface area (Å²) >= 11 is 0. The number of ketones is 1. The van der Waals surface area contributed by atoms with Crippen LogP contribution < -0.4 is 5.32 Å². The molecule has 0 spiro atoms. The zero-order valence-electron chi connectivity index (χ0n) is 10.7. The van der Waals surface area contributed by atoms with Crippen molar-refractivity contribution in [2.75, 3.05) is 26.2 Å². The fraction of sp³-hybridized carbons (Fsp3) is 0.429. The maximum Gasteiger partial charge on any atom is 0.234 e. The van der Waals surface area contributed by atoms with E-state index in [1.54, 1.807) is 0 Å². The molecule has 0 bridgehead atoms. The number of hydrogen-bond acceptors (Lipinski definition) is 3. The third-order valence-electron chi connectivity index (χ3n) is 3.16. The van der Waals surface area contributed by atoms with E-state index in [1.807, 2.05) is 4.90 Å². The molecule has 0 aromatic heterocycles. The zero-order valence-corrected chi connectivity index (χ0v) is 10.7. The van der Waals surface area contributed by atoms with Crippen molar-refractivity contribution in [1.82, 2.24) is 10.2 Å². The Hall–Kier alpha value is -1.75. The molecule has 1 N–H and O–H groups in total. The molecule has 1 amide bonds. The second-order valence-corrected chi connectivity index (χ2v) is 4.66. The Labute approximate surface area is 111 Å². The van der Waals surface area contributed by atoms with Gasteiger partial charge in [0.2, 0.25) is 5.91 Å². The van der Waals surface area contributed by atoms with Gasteiger partial charge in [0.15, 0.2) is 5.78 Å². The van der Waals surface area contributed by atoms with Gasteiger partial charge < -0.3 is 5.32 Å². The van der Waals surface area contributed by atoms with Gasteiger partial charge in [-0.2, -0.15) is 0 Å². The lowest BCUT2D eigenvalue weighted by Crippen LogP contribution is -2.34. The molecule has 2 rings (SSSR count). The number of benzene rings is 1. The van der Waals surface area contributed by atoms with E-state index in [0.717, 1.165) is 13.0 Å². The zero-order chi connectivity index (χ0) is 13.7. The number of halogens is 1. The molecule has 0 unspecified atom stereocenters.